The second kappa shape index (κ2) is 11.5. The minimum absolute atomic E-state index is 0. The Balaban J connectivity index is 0.00000324. The van der Waals surface area contributed by atoms with Crippen molar-refractivity contribution in [1.29, 1.82) is 0 Å². The Bertz CT molecular complexity index is 1220. The molecule has 1 saturated heterocycles. The van der Waals surface area contributed by atoms with Crippen LogP contribution in [0.25, 0.3) is 0 Å². The average molecular weight is 528 g/mol. The van der Waals surface area contributed by atoms with Gasteiger partial charge in [-0.15, -0.1) is 11.8 Å². The normalized spacial score (nSPS) is 18.8. The number of hydrogen-bond acceptors (Lipinski definition) is 10. The number of β-lactam (4-membered cyclic amide) rings is 1. The van der Waals surface area contributed by atoms with Crippen LogP contribution in [0.15, 0.2) is 59.0 Å². The molecule has 0 saturated carbocycles. The Morgan fingerprint density at radius 3 is 2.74 bits per heavy atom. The molecule has 1 fully saturated rings. The van der Waals surface area contributed by atoms with Crippen molar-refractivity contribution < 1.29 is 58.1 Å². The molecule has 170 valence electrons. The molecule has 0 aliphatic carbocycles. The van der Waals surface area contributed by atoms with Crippen molar-refractivity contribution in [2.24, 2.45) is 0 Å². The summed E-state index contributed by atoms with van der Waals surface area (Å²) in [7, 11) is 0. The summed E-state index contributed by atoms with van der Waals surface area (Å²) < 4.78 is 11.5. The Morgan fingerprint density at radius 1 is 1.29 bits per heavy atom. The van der Waals surface area contributed by atoms with E-state index in [1.54, 1.807) is 18.2 Å². The first-order chi connectivity index (χ1) is 15.9. The summed E-state index contributed by atoms with van der Waals surface area (Å²) in [5, 5.41) is 29.2. The van der Waals surface area contributed by atoms with Crippen molar-refractivity contribution in [3.63, 3.8) is 0 Å². The molecule has 4 rings (SSSR count). The average Bonchev–Trinajstić information content (AvgIpc) is 2.81. The Labute approximate surface area is 227 Å². The molecule has 2 aromatic rings. The summed E-state index contributed by atoms with van der Waals surface area (Å²) in [5.74, 6) is -2.42. The van der Waals surface area contributed by atoms with Crippen LogP contribution in [0.4, 0.5) is 0 Å². The number of aromatic nitrogens is 3. The van der Waals surface area contributed by atoms with Crippen LogP contribution in [0, 0.1) is 5.21 Å². The quantitative estimate of drug-likeness (QED) is 0.0703. The predicted octanol–water partition coefficient (Wildman–Crippen LogP) is -4.96. The van der Waals surface area contributed by atoms with E-state index >= 15 is 0 Å². The molecule has 2 aliphatic heterocycles. The second-order valence-corrected chi connectivity index (χ2v) is 9.44. The van der Waals surface area contributed by atoms with Crippen molar-refractivity contribution in [1.82, 2.24) is 20.3 Å². The van der Waals surface area contributed by atoms with Crippen LogP contribution in [-0.2, 0) is 25.6 Å². The molecule has 2 atom stereocenters. The van der Waals surface area contributed by atoms with Crippen molar-refractivity contribution in [3.8, 4) is 0 Å². The van der Waals surface area contributed by atoms with Crippen molar-refractivity contribution in [2.75, 3.05) is 11.5 Å². The molecule has 0 spiro atoms. The summed E-state index contributed by atoms with van der Waals surface area (Å²) in [5.41, 5.74) is 0.372. The number of carbonyl (C=O) groups is 3. The molecular formula is C19H14N5NaO6S3. The maximum Gasteiger partial charge on any atom is 1.00 e. The fourth-order valence-electron chi connectivity index (χ4n) is 3.28. The summed E-state index contributed by atoms with van der Waals surface area (Å²) in [6, 6.07) is 6.90. The number of nitrogens with one attached hydrogen (secondary N) is 1. The maximum atomic E-state index is 12.8. The molecule has 15 heteroatoms. The first-order valence-corrected chi connectivity index (χ1v) is 12.1. The number of thioether (sulfide) groups is 2. The third kappa shape index (κ3) is 5.37. The van der Waals surface area contributed by atoms with Crippen LogP contribution < -0.4 is 44.8 Å². The molecule has 1 N–H and O–H groups in total. The van der Waals surface area contributed by atoms with Crippen LogP contribution >= 0.6 is 23.5 Å². The van der Waals surface area contributed by atoms with Crippen molar-refractivity contribution >= 4 is 57.4 Å². The summed E-state index contributed by atoms with van der Waals surface area (Å²) >= 11 is 2.40. The summed E-state index contributed by atoms with van der Waals surface area (Å²) in [6.45, 7) is 0. The largest absolute Gasteiger partial charge is 1.00 e. The van der Waals surface area contributed by atoms with Gasteiger partial charge in [-0.1, -0.05) is 22.7 Å². The van der Waals surface area contributed by atoms with Gasteiger partial charge in [-0.3, -0.25) is 19.5 Å². The monoisotopic (exact) mass is 527 g/mol. The van der Waals surface area contributed by atoms with Gasteiger partial charge in [0, 0.05) is 28.9 Å². The fraction of sp³-hybridized carbons (Fsp3) is 0.211. The number of pyridine rings is 1. The molecular weight excluding hydrogens is 513 g/mol. The number of nitrogens with zero attached hydrogens (tertiary/aromatic N) is 4. The van der Waals surface area contributed by atoms with Gasteiger partial charge < -0.3 is 20.4 Å². The van der Waals surface area contributed by atoms with Gasteiger partial charge in [-0.05, 0) is 23.8 Å². The minimum Gasteiger partial charge on any atom is -0.594 e. The van der Waals surface area contributed by atoms with Gasteiger partial charge in [0.1, 0.15) is 22.7 Å². The van der Waals surface area contributed by atoms with E-state index < -0.39 is 29.2 Å². The second-order valence-electron chi connectivity index (χ2n) is 6.77. The molecule has 34 heavy (non-hydrogen) atoms. The molecule has 2 aliphatic rings. The van der Waals surface area contributed by atoms with E-state index in [-0.39, 0.29) is 68.6 Å². The van der Waals surface area contributed by atoms with E-state index in [2.05, 4.69) is 15.4 Å². The van der Waals surface area contributed by atoms with Gasteiger partial charge in [0.05, 0.1) is 17.4 Å². The van der Waals surface area contributed by atoms with Gasteiger partial charge in [-0.2, -0.15) is 0 Å². The van der Waals surface area contributed by atoms with Gasteiger partial charge in [0.2, 0.25) is 6.20 Å². The van der Waals surface area contributed by atoms with E-state index in [0.717, 1.165) is 16.7 Å². The Hall–Kier alpha value is -2.23. The number of carboxylic acids is 1. The molecule has 0 bridgehead atoms. The zero-order valence-corrected chi connectivity index (χ0v) is 22.0. The zero-order chi connectivity index (χ0) is 23.5. The molecule has 2 aromatic heterocycles. The number of fused-ring (bicyclic) bond motifs is 1. The smallest absolute Gasteiger partial charge is 0.594 e. The van der Waals surface area contributed by atoms with Gasteiger partial charge in [0.15, 0.2) is 9.89 Å². The number of aliphatic carboxylic acids is 1. The van der Waals surface area contributed by atoms with Gasteiger partial charge >= 0.3 is 29.6 Å². The molecule has 11 nitrogen and oxygen atoms in total. The SMILES string of the molecule is O=S=C(C(=O)NC1C(=O)N2C(C(=O)[O-])=C(CSc3ccc[n+]([O-])n3)CS[C@H]12)c1ccccn1.[Na+]. The molecule has 0 aromatic carbocycles. The number of amides is 2. The van der Waals surface area contributed by atoms with Crippen LogP contribution in [0.3, 0.4) is 0 Å². The van der Waals surface area contributed by atoms with Crippen molar-refractivity contribution in [3.05, 3.63) is 64.9 Å². The zero-order valence-electron chi connectivity index (χ0n) is 17.6. The number of carboxylic acid groups (broad SMARTS) is 1. The van der Waals surface area contributed by atoms with Crippen molar-refractivity contribution in [2.45, 2.75) is 16.4 Å². The van der Waals surface area contributed by atoms with Gasteiger partial charge in [0.25, 0.3) is 11.8 Å². The van der Waals surface area contributed by atoms with E-state index in [1.165, 1.54) is 36.3 Å². The van der Waals surface area contributed by atoms with E-state index in [4.69, 9.17) is 0 Å². The number of hydrogen-bond donors (Lipinski definition) is 1. The Morgan fingerprint density at radius 2 is 2.09 bits per heavy atom. The summed E-state index contributed by atoms with van der Waals surface area (Å²) in [6.07, 6.45) is 2.66. The standard InChI is InChI=1S/C19H15N5O6S3.Na/c25-16(15(33-30)11-4-1-2-6-20-11)21-13-17(26)24-14(19(27)28)10(9-32-18(13)24)8-31-12-5-3-7-23(29)22-12;/h1-7,13,18H,8-9H2,(H,21,25)(H,27,28);/q;+1/p-1/t13?,18-;/m1./s1. The van der Waals surface area contributed by atoms with E-state index in [9.17, 15) is 28.9 Å². The number of carbonyl (C=O) groups excluding carboxylic acids is 3. The molecule has 1 unspecified atom stereocenters. The van der Waals surface area contributed by atoms with Crippen LogP contribution in [-0.4, -0.2) is 64.8 Å². The molecule has 4 heterocycles. The van der Waals surface area contributed by atoms with Crippen LogP contribution in [0.5, 0.6) is 0 Å². The maximum absolute atomic E-state index is 12.8. The molecule has 0 radical (unpaired) electrons. The van der Waals surface area contributed by atoms with Gasteiger partial charge in [-0.25, -0.2) is 4.21 Å². The predicted molar refractivity (Wildman–Crippen MR) is 117 cm³/mol. The van der Waals surface area contributed by atoms with Crippen LogP contribution in [0.2, 0.25) is 0 Å². The van der Waals surface area contributed by atoms with E-state index in [1.807, 2.05) is 0 Å². The first kappa shape index (κ1) is 26.4. The topological polar surface area (TPSA) is 159 Å². The molecule has 2 amide bonds. The fourth-order valence-corrected chi connectivity index (χ4v) is 5.97. The minimum atomic E-state index is -1.51. The van der Waals surface area contributed by atoms with E-state index in [0.29, 0.717) is 15.4 Å². The number of rotatable bonds is 7. The third-order valence-electron chi connectivity index (χ3n) is 4.76. The Kier molecular flexibility index (Phi) is 8.89. The third-order valence-corrected chi connectivity index (χ3v) is 7.67. The summed E-state index contributed by atoms with van der Waals surface area (Å²) in [4.78, 5) is 42.5. The van der Waals surface area contributed by atoms with Crippen LogP contribution in [0.1, 0.15) is 5.69 Å². The first-order valence-electron chi connectivity index (χ1n) is 9.37.